The van der Waals surface area contributed by atoms with Crippen molar-refractivity contribution in [3.8, 4) is 0 Å². The number of fused-ring (bicyclic) bond motifs is 1. The Morgan fingerprint density at radius 2 is 1.70 bits per heavy atom. The highest BCUT2D eigenvalue weighted by atomic mass is 79.9. The van der Waals surface area contributed by atoms with Gasteiger partial charge in [0.1, 0.15) is 0 Å². The van der Waals surface area contributed by atoms with E-state index in [0.29, 0.717) is 0 Å². The molecule has 0 aromatic heterocycles. The first-order valence-corrected chi connectivity index (χ1v) is 8.38. The van der Waals surface area contributed by atoms with Crippen molar-refractivity contribution >= 4 is 48.9 Å². The van der Waals surface area contributed by atoms with Crippen LogP contribution in [0.4, 0.5) is 5.69 Å². The highest BCUT2D eigenvalue weighted by Crippen LogP contribution is 2.32. The maximum atomic E-state index is 13.0. The van der Waals surface area contributed by atoms with Gasteiger partial charge in [0, 0.05) is 33.1 Å². The molecule has 5 rings (SSSR count). The summed E-state index contributed by atoms with van der Waals surface area (Å²) in [5, 5.41) is 8.27. The molecule has 0 radical (unpaired) electrons. The van der Waals surface area contributed by atoms with E-state index in [4.69, 9.17) is 0 Å². The van der Waals surface area contributed by atoms with E-state index >= 15 is 0 Å². The summed E-state index contributed by atoms with van der Waals surface area (Å²) in [6.45, 7) is 0. The maximum absolute atomic E-state index is 13.0. The second-order valence-electron chi connectivity index (χ2n) is 5.96. The topological polar surface area (TPSA) is 29.1 Å². The number of benzene rings is 3. The predicted molar refractivity (Wildman–Crippen MR) is 99.0 cm³/mol. The van der Waals surface area contributed by atoms with Crippen LogP contribution in [-0.2, 0) is 6.42 Å². The summed E-state index contributed by atoms with van der Waals surface area (Å²) in [6.07, 6.45) is 0.781. The fraction of sp³-hybridized carbons (Fsp3) is 0.0500. The molecular weight excluding hydrogens is 350 g/mol. The molecule has 0 unspecified atom stereocenters. The molecule has 0 spiro atoms. The van der Waals surface area contributed by atoms with E-state index in [1.165, 1.54) is 5.56 Å². The quantitative estimate of drug-likeness (QED) is 0.511. The van der Waals surface area contributed by atoms with E-state index in [2.05, 4.69) is 39.4 Å². The van der Waals surface area contributed by atoms with Crippen LogP contribution in [0.2, 0.25) is 0 Å². The van der Waals surface area contributed by atoms with Gasteiger partial charge in [0.05, 0.1) is 5.22 Å². The molecule has 110 valence electrons. The van der Waals surface area contributed by atoms with E-state index in [1.54, 1.807) is 0 Å². The molecule has 0 fully saturated rings. The molecule has 0 amide bonds. The van der Waals surface area contributed by atoms with Gasteiger partial charge in [0.25, 0.3) is 0 Å². The van der Waals surface area contributed by atoms with Gasteiger partial charge in [-0.05, 0) is 28.5 Å². The van der Waals surface area contributed by atoms with Gasteiger partial charge in [-0.3, -0.25) is 4.79 Å². The molecule has 1 aliphatic heterocycles. The largest absolute Gasteiger partial charge is 0.358 e. The lowest BCUT2D eigenvalue weighted by Gasteiger charge is -2.01. The highest BCUT2D eigenvalue weighted by Gasteiger charge is 2.20. The molecule has 4 aromatic rings. The molecular formula is C20H12BrNO. The molecule has 0 atom stereocenters. The first kappa shape index (κ1) is 13.1. The van der Waals surface area contributed by atoms with Crippen LogP contribution in [0.15, 0.2) is 63.9 Å². The third-order valence-corrected chi connectivity index (χ3v) is 5.39. The Hall–Kier alpha value is -2.39. The van der Waals surface area contributed by atoms with Gasteiger partial charge in [-0.15, -0.1) is 0 Å². The van der Waals surface area contributed by atoms with E-state index in [1.807, 2.05) is 36.4 Å². The predicted octanol–water partition coefficient (Wildman–Crippen LogP) is 4.05. The van der Waals surface area contributed by atoms with Gasteiger partial charge < -0.3 is 5.32 Å². The van der Waals surface area contributed by atoms with Crippen molar-refractivity contribution in [1.29, 1.82) is 0 Å². The number of halogens is 1. The van der Waals surface area contributed by atoms with Crippen molar-refractivity contribution in [2.75, 3.05) is 5.32 Å². The monoisotopic (exact) mass is 361 g/mol. The van der Waals surface area contributed by atoms with Crippen molar-refractivity contribution < 1.29 is 0 Å². The van der Waals surface area contributed by atoms with Crippen molar-refractivity contribution in [3.05, 3.63) is 80.1 Å². The molecule has 3 heteroatoms. The Labute approximate surface area is 140 Å². The summed E-state index contributed by atoms with van der Waals surface area (Å²) < 4.78 is 1.03. The third kappa shape index (κ3) is 1.71. The third-order valence-electron chi connectivity index (χ3n) is 4.70. The number of para-hydroxylation sites is 1. The number of hydrogen-bond acceptors (Lipinski definition) is 2. The Bertz CT molecular complexity index is 1170. The normalized spacial score (nSPS) is 16.0. The van der Waals surface area contributed by atoms with Gasteiger partial charge in [-0.2, -0.15) is 0 Å². The van der Waals surface area contributed by atoms with Gasteiger partial charge in [0.15, 0.2) is 5.43 Å². The second-order valence-corrected chi connectivity index (χ2v) is 6.82. The Morgan fingerprint density at radius 3 is 2.57 bits per heavy atom. The SMILES string of the molecule is O=c1/c(=C2\Cc3ccccc3N2)c2ccc(Br)c3cccc1c32. The zero-order valence-electron chi connectivity index (χ0n) is 12.2. The van der Waals surface area contributed by atoms with E-state index in [9.17, 15) is 4.79 Å². The van der Waals surface area contributed by atoms with Gasteiger partial charge in [-0.1, -0.05) is 58.4 Å². The second kappa shape index (κ2) is 4.56. The molecule has 4 aromatic carbocycles. The smallest absolute Gasteiger partial charge is 0.196 e. The van der Waals surface area contributed by atoms with E-state index in [-0.39, 0.29) is 5.43 Å². The van der Waals surface area contributed by atoms with Crippen molar-refractivity contribution in [1.82, 2.24) is 0 Å². The molecule has 0 bridgehead atoms. The van der Waals surface area contributed by atoms with Crippen LogP contribution in [-0.4, -0.2) is 0 Å². The van der Waals surface area contributed by atoms with Crippen LogP contribution in [0.1, 0.15) is 5.56 Å². The Kier molecular flexibility index (Phi) is 2.59. The van der Waals surface area contributed by atoms with Crippen LogP contribution in [0.3, 0.4) is 0 Å². The van der Waals surface area contributed by atoms with Crippen molar-refractivity contribution in [3.63, 3.8) is 0 Å². The molecule has 2 nitrogen and oxygen atoms in total. The number of nitrogens with one attached hydrogen (secondary N) is 1. The summed E-state index contributed by atoms with van der Waals surface area (Å²) in [6, 6.07) is 18.2. The summed E-state index contributed by atoms with van der Waals surface area (Å²) in [4.78, 5) is 13.0. The summed E-state index contributed by atoms with van der Waals surface area (Å²) in [7, 11) is 0. The number of hydrogen-bond donors (Lipinski definition) is 1. The average molecular weight is 362 g/mol. The van der Waals surface area contributed by atoms with Crippen LogP contribution in [0, 0.1) is 0 Å². The van der Waals surface area contributed by atoms with Crippen molar-refractivity contribution in [2.24, 2.45) is 0 Å². The molecule has 1 N–H and O–H groups in total. The standard InChI is InChI=1S/C20H12BrNO/c21-15-9-8-13-18-12(15)5-3-6-14(18)20(23)19(13)17-10-11-4-1-2-7-16(11)22-17/h1-9,22H,10H2/b19-17+. The van der Waals surface area contributed by atoms with E-state index in [0.717, 1.165) is 49.0 Å². The first-order chi connectivity index (χ1) is 11.2. The molecule has 1 heterocycles. The minimum atomic E-state index is 0.124. The molecule has 23 heavy (non-hydrogen) atoms. The van der Waals surface area contributed by atoms with Crippen LogP contribution >= 0.6 is 15.9 Å². The molecule has 0 aliphatic carbocycles. The number of anilines is 1. The van der Waals surface area contributed by atoms with E-state index < -0.39 is 0 Å². The Balaban J connectivity index is 1.95. The first-order valence-electron chi connectivity index (χ1n) is 7.58. The van der Waals surface area contributed by atoms with Gasteiger partial charge in [-0.25, -0.2) is 0 Å². The summed E-state index contributed by atoms with van der Waals surface area (Å²) in [5.41, 5.74) is 3.48. The van der Waals surface area contributed by atoms with Crippen molar-refractivity contribution in [2.45, 2.75) is 6.42 Å². The average Bonchev–Trinajstić information content (AvgIpc) is 3.11. The molecule has 0 saturated heterocycles. The molecule has 0 saturated carbocycles. The van der Waals surface area contributed by atoms with Crippen LogP contribution < -0.4 is 16.0 Å². The zero-order valence-corrected chi connectivity index (χ0v) is 13.8. The minimum Gasteiger partial charge on any atom is -0.358 e. The molecule has 1 aliphatic rings. The van der Waals surface area contributed by atoms with Gasteiger partial charge >= 0.3 is 0 Å². The maximum Gasteiger partial charge on any atom is 0.196 e. The fourth-order valence-electron chi connectivity index (χ4n) is 3.67. The van der Waals surface area contributed by atoms with Crippen LogP contribution in [0.5, 0.6) is 0 Å². The zero-order chi connectivity index (χ0) is 15.6. The number of rotatable bonds is 0. The fourth-order valence-corrected chi connectivity index (χ4v) is 4.13. The minimum absolute atomic E-state index is 0.124. The van der Waals surface area contributed by atoms with Gasteiger partial charge in [0.2, 0.25) is 0 Å². The summed E-state index contributed by atoms with van der Waals surface area (Å²) in [5.74, 6) is 0. The summed E-state index contributed by atoms with van der Waals surface area (Å²) >= 11 is 3.60. The van der Waals surface area contributed by atoms with Crippen LogP contribution in [0.25, 0.3) is 27.2 Å². The lowest BCUT2D eigenvalue weighted by atomic mass is 10.1. The lowest BCUT2D eigenvalue weighted by molar-refractivity contribution is 1.35. The lowest BCUT2D eigenvalue weighted by Crippen LogP contribution is -2.24. The Morgan fingerprint density at radius 1 is 0.870 bits per heavy atom. The highest BCUT2D eigenvalue weighted by molar-refractivity contribution is 9.10.